The minimum atomic E-state index is 0.0770. The van der Waals surface area contributed by atoms with Gasteiger partial charge in [0.1, 0.15) is 10.7 Å². The van der Waals surface area contributed by atoms with Gasteiger partial charge in [-0.2, -0.15) is 0 Å². The molecule has 6 nitrogen and oxygen atoms in total. The summed E-state index contributed by atoms with van der Waals surface area (Å²) in [6.45, 7) is 8.68. The number of carbonyl (C=O) groups excluding carboxylic acids is 1. The first kappa shape index (κ1) is 17.1. The number of hydrogen-bond donors (Lipinski definition) is 0. The molecule has 1 saturated heterocycles. The number of carbonyl (C=O) groups is 1. The van der Waals surface area contributed by atoms with Crippen molar-refractivity contribution < 1.29 is 4.79 Å². The second-order valence-electron chi connectivity index (χ2n) is 6.63. The molecule has 24 heavy (non-hydrogen) atoms. The highest BCUT2D eigenvalue weighted by Gasteiger charge is 2.22. The number of hydrogen-bond acceptors (Lipinski definition) is 5. The Balaban J connectivity index is 1.58. The lowest BCUT2D eigenvalue weighted by molar-refractivity contribution is 0.0751. The Hall–Kier alpha value is -1.73. The van der Waals surface area contributed by atoms with E-state index in [1.54, 1.807) is 28.4 Å². The zero-order valence-electron chi connectivity index (χ0n) is 14.6. The maximum Gasteiger partial charge on any atom is 0.272 e. The Bertz CT molecular complexity index is 693. The molecule has 1 amide bonds. The van der Waals surface area contributed by atoms with Gasteiger partial charge in [-0.1, -0.05) is 13.8 Å². The molecule has 0 unspecified atom stereocenters. The van der Waals surface area contributed by atoms with Crippen LogP contribution in [0.1, 0.15) is 47.4 Å². The van der Waals surface area contributed by atoms with Crippen molar-refractivity contribution in [1.82, 2.24) is 24.3 Å². The van der Waals surface area contributed by atoms with E-state index in [0.717, 1.165) is 39.1 Å². The van der Waals surface area contributed by atoms with Crippen LogP contribution in [-0.4, -0.2) is 56.4 Å². The summed E-state index contributed by atoms with van der Waals surface area (Å²) in [5, 5.41) is 3.33. The smallest absolute Gasteiger partial charge is 0.272 e. The maximum absolute atomic E-state index is 12.6. The van der Waals surface area contributed by atoms with Crippen molar-refractivity contribution in [2.75, 3.05) is 26.2 Å². The van der Waals surface area contributed by atoms with Crippen LogP contribution in [0, 0.1) is 0 Å². The molecule has 3 rings (SSSR count). The summed E-state index contributed by atoms with van der Waals surface area (Å²) in [4.78, 5) is 25.7. The normalized spacial score (nSPS) is 16.6. The van der Waals surface area contributed by atoms with Crippen molar-refractivity contribution >= 4 is 17.2 Å². The van der Waals surface area contributed by atoms with E-state index >= 15 is 0 Å². The highest BCUT2D eigenvalue weighted by molar-refractivity contribution is 7.09. The summed E-state index contributed by atoms with van der Waals surface area (Å²) in [6.07, 6.45) is 4.31. The van der Waals surface area contributed by atoms with Gasteiger partial charge in [-0.25, -0.2) is 9.97 Å². The molecule has 0 aliphatic carbocycles. The number of amides is 1. The van der Waals surface area contributed by atoms with Crippen molar-refractivity contribution in [2.45, 2.75) is 32.7 Å². The summed E-state index contributed by atoms with van der Waals surface area (Å²) < 4.78 is 1.79. The molecule has 0 N–H and O–H groups in total. The van der Waals surface area contributed by atoms with E-state index in [0.29, 0.717) is 11.6 Å². The summed E-state index contributed by atoms with van der Waals surface area (Å²) in [6, 6.07) is 0. The fourth-order valence-electron chi connectivity index (χ4n) is 2.91. The van der Waals surface area contributed by atoms with Gasteiger partial charge in [0.2, 0.25) is 0 Å². The SMILES string of the molecule is CC(C)c1csc(CN2CCCN(C(=O)c3cncn3C)CC2)n1. The zero-order valence-corrected chi connectivity index (χ0v) is 15.4. The standard InChI is InChI=1S/C17H25N5OS/c1-13(2)14-11-24-16(19-14)10-21-5-4-6-22(8-7-21)17(23)15-9-18-12-20(15)3/h9,11-13H,4-8,10H2,1-3H3. The third kappa shape index (κ3) is 3.84. The first-order valence-corrected chi connectivity index (χ1v) is 9.35. The summed E-state index contributed by atoms with van der Waals surface area (Å²) in [5.74, 6) is 0.555. The van der Waals surface area contributed by atoms with E-state index in [-0.39, 0.29) is 5.91 Å². The molecule has 2 aromatic rings. The van der Waals surface area contributed by atoms with Gasteiger partial charge in [-0.15, -0.1) is 11.3 Å². The van der Waals surface area contributed by atoms with Crippen LogP contribution in [0.2, 0.25) is 0 Å². The highest BCUT2D eigenvalue weighted by Crippen LogP contribution is 2.19. The molecule has 1 aliphatic rings. The Morgan fingerprint density at radius 3 is 2.79 bits per heavy atom. The average molecular weight is 347 g/mol. The summed E-state index contributed by atoms with van der Waals surface area (Å²) in [7, 11) is 1.86. The molecule has 0 atom stereocenters. The van der Waals surface area contributed by atoms with Gasteiger partial charge in [0.15, 0.2) is 0 Å². The van der Waals surface area contributed by atoms with Crippen molar-refractivity contribution in [1.29, 1.82) is 0 Å². The third-order valence-electron chi connectivity index (χ3n) is 4.43. The topological polar surface area (TPSA) is 54.3 Å². The Kier molecular flexibility index (Phi) is 5.30. The fourth-order valence-corrected chi connectivity index (χ4v) is 3.91. The van der Waals surface area contributed by atoms with Gasteiger partial charge >= 0.3 is 0 Å². The lowest BCUT2D eigenvalue weighted by atomic mass is 10.2. The molecule has 1 fully saturated rings. The molecule has 0 saturated carbocycles. The average Bonchev–Trinajstić information content (AvgIpc) is 3.12. The van der Waals surface area contributed by atoms with Gasteiger partial charge in [0.25, 0.3) is 5.91 Å². The predicted octanol–water partition coefficient (Wildman–Crippen LogP) is 2.35. The van der Waals surface area contributed by atoms with Crippen LogP contribution in [0.3, 0.4) is 0 Å². The minimum Gasteiger partial charge on any atom is -0.336 e. The monoisotopic (exact) mass is 347 g/mol. The van der Waals surface area contributed by atoms with Crippen LogP contribution in [0.5, 0.6) is 0 Å². The largest absolute Gasteiger partial charge is 0.336 e. The van der Waals surface area contributed by atoms with Gasteiger partial charge in [0.05, 0.1) is 24.8 Å². The molecule has 0 aromatic carbocycles. The van der Waals surface area contributed by atoms with E-state index in [1.165, 1.54) is 10.7 Å². The van der Waals surface area contributed by atoms with Crippen LogP contribution < -0.4 is 0 Å². The summed E-state index contributed by atoms with van der Waals surface area (Å²) in [5.41, 5.74) is 1.84. The molecular weight excluding hydrogens is 322 g/mol. The number of rotatable bonds is 4. The van der Waals surface area contributed by atoms with Crippen LogP contribution in [0.15, 0.2) is 17.9 Å². The molecule has 3 heterocycles. The molecule has 0 radical (unpaired) electrons. The fraction of sp³-hybridized carbons (Fsp3) is 0.588. The number of aromatic nitrogens is 3. The minimum absolute atomic E-state index is 0.0770. The predicted molar refractivity (Wildman–Crippen MR) is 95.2 cm³/mol. The van der Waals surface area contributed by atoms with Crippen LogP contribution in [0.25, 0.3) is 0 Å². The lowest BCUT2D eigenvalue weighted by Gasteiger charge is -2.21. The van der Waals surface area contributed by atoms with E-state index in [9.17, 15) is 4.79 Å². The first-order valence-electron chi connectivity index (χ1n) is 8.47. The van der Waals surface area contributed by atoms with Crippen molar-refractivity contribution in [2.24, 2.45) is 7.05 Å². The van der Waals surface area contributed by atoms with Crippen LogP contribution >= 0.6 is 11.3 Å². The van der Waals surface area contributed by atoms with E-state index in [2.05, 4.69) is 29.1 Å². The van der Waals surface area contributed by atoms with E-state index in [4.69, 9.17) is 4.98 Å². The van der Waals surface area contributed by atoms with Gasteiger partial charge in [0, 0.05) is 38.6 Å². The number of nitrogens with zero attached hydrogens (tertiary/aromatic N) is 5. The van der Waals surface area contributed by atoms with Crippen molar-refractivity contribution in [3.8, 4) is 0 Å². The Labute approximate surface area is 147 Å². The molecule has 130 valence electrons. The molecule has 1 aliphatic heterocycles. The quantitative estimate of drug-likeness (QED) is 0.852. The lowest BCUT2D eigenvalue weighted by Crippen LogP contribution is -2.35. The number of thiazole rings is 1. The van der Waals surface area contributed by atoms with Crippen molar-refractivity contribution in [3.63, 3.8) is 0 Å². The highest BCUT2D eigenvalue weighted by atomic mass is 32.1. The molecular formula is C17H25N5OS. The summed E-state index contributed by atoms with van der Waals surface area (Å²) >= 11 is 1.74. The van der Waals surface area contributed by atoms with Crippen molar-refractivity contribution in [3.05, 3.63) is 34.3 Å². The second-order valence-corrected chi connectivity index (χ2v) is 7.58. The molecule has 2 aromatic heterocycles. The van der Waals surface area contributed by atoms with Gasteiger partial charge in [-0.3, -0.25) is 9.69 Å². The number of imidazole rings is 1. The Morgan fingerprint density at radius 1 is 1.29 bits per heavy atom. The van der Waals surface area contributed by atoms with Crippen LogP contribution in [0.4, 0.5) is 0 Å². The Morgan fingerprint density at radius 2 is 2.12 bits per heavy atom. The second kappa shape index (κ2) is 7.44. The first-order chi connectivity index (χ1) is 11.5. The molecule has 0 bridgehead atoms. The van der Waals surface area contributed by atoms with Gasteiger partial charge < -0.3 is 9.47 Å². The van der Waals surface area contributed by atoms with E-state index < -0.39 is 0 Å². The zero-order chi connectivity index (χ0) is 17.1. The van der Waals surface area contributed by atoms with Gasteiger partial charge in [-0.05, 0) is 12.3 Å². The van der Waals surface area contributed by atoms with E-state index in [1.807, 2.05) is 11.9 Å². The maximum atomic E-state index is 12.6. The molecule has 0 spiro atoms. The van der Waals surface area contributed by atoms with Crippen LogP contribution in [-0.2, 0) is 13.6 Å². The third-order valence-corrected chi connectivity index (χ3v) is 5.28. The number of aryl methyl sites for hydroxylation is 1. The molecule has 7 heteroatoms.